The Morgan fingerprint density at radius 1 is 1.42 bits per heavy atom. The molecule has 0 atom stereocenters. The van der Waals surface area contributed by atoms with Crippen LogP contribution in [0.5, 0.6) is 5.75 Å². The summed E-state index contributed by atoms with van der Waals surface area (Å²) < 4.78 is 10.9. The van der Waals surface area contributed by atoms with E-state index in [0.29, 0.717) is 16.7 Å². The van der Waals surface area contributed by atoms with Crippen LogP contribution in [0.15, 0.2) is 22.7 Å². The van der Waals surface area contributed by atoms with E-state index in [9.17, 15) is 0 Å². The summed E-state index contributed by atoms with van der Waals surface area (Å²) in [5, 5.41) is 4.51. The number of nitrogens with two attached hydrogens (primary N) is 1. The summed E-state index contributed by atoms with van der Waals surface area (Å²) in [6.07, 6.45) is 3.67. The fraction of sp³-hybridized carbons (Fsp3) is 0.385. The number of rotatable bonds is 4. The molecule has 5 nitrogen and oxygen atoms in total. The Morgan fingerprint density at radius 3 is 2.89 bits per heavy atom. The zero-order chi connectivity index (χ0) is 13.2. The predicted molar refractivity (Wildman–Crippen MR) is 70.9 cm³/mol. The Balaban J connectivity index is 1.94. The molecule has 0 amide bonds. The Labute approximate surface area is 115 Å². The number of aromatic nitrogens is 2. The Bertz CT molecular complexity index is 581. The van der Waals surface area contributed by atoms with Crippen molar-refractivity contribution in [1.82, 2.24) is 10.1 Å². The average Bonchev–Trinajstić information content (AvgIpc) is 2.83. The van der Waals surface area contributed by atoms with Gasteiger partial charge in [-0.25, -0.2) is 0 Å². The Kier molecular flexibility index (Phi) is 3.40. The Hall–Kier alpha value is -1.59. The lowest BCUT2D eigenvalue weighted by atomic mass is 9.96. The van der Waals surface area contributed by atoms with Crippen LogP contribution in [0.25, 0.3) is 11.4 Å². The molecule has 3 rings (SSSR count). The van der Waals surface area contributed by atoms with Gasteiger partial charge in [-0.3, -0.25) is 0 Å². The first-order chi connectivity index (χ1) is 9.26. The lowest BCUT2D eigenvalue weighted by molar-refractivity contribution is 0.121. The maximum Gasteiger partial charge on any atom is 0.240 e. The molecule has 1 aromatic carbocycles. The molecule has 6 heteroatoms. The van der Waals surface area contributed by atoms with E-state index < -0.39 is 0 Å². The lowest BCUT2D eigenvalue weighted by Gasteiger charge is -2.27. The molecule has 1 heterocycles. The molecule has 1 saturated carbocycles. The number of hydrogen-bond donors (Lipinski definition) is 1. The van der Waals surface area contributed by atoms with E-state index in [1.807, 2.05) is 6.07 Å². The van der Waals surface area contributed by atoms with Crippen LogP contribution in [0, 0.1) is 0 Å². The molecular formula is C13H14ClN3O2. The van der Waals surface area contributed by atoms with E-state index in [-0.39, 0.29) is 12.6 Å². The monoisotopic (exact) mass is 279 g/mol. The minimum atomic E-state index is 0.215. The van der Waals surface area contributed by atoms with Crippen molar-refractivity contribution >= 4 is 11.6 Å². The Morgan fingerprint density at radius 2 is 2.26 bits per heavy atom. The van der Waals surface area contributed by atoms with Crippen molar-refractivity contribution < 1.29 is 9.26 Å². The molecule has 19 heavy (non-hydrogen) atoms. The second kappa shape index (κ2) is 5.19. The largest absolute Gasteiger partial charge is 0.490 e. The molecule has 1 aliphatic rings. The van der Waals surface area contributed by atoms with E-state index in [0.717, 1.165) is 24.2 Å². The number of hydrogen-bond acceptors (Lipinski definition) is 5. The molecule has 2 aromatic rings. The minimum Gasteiger partial charge on any atom is -0.490 e. The maximum atomic E-state index is 6.03. The van der Waals surface area contributed by atoms with Gasteiger partial charge in [0.05, 0.1) is 18.2 Å². The van der Waals surface area contributed by atoms with E-state index in [1.165, 1.54) is 6.42 Å². The van der Waals surface area contributed by atoms with Gasteiger partial charge >= 0.3 is 0 Å². The van der Waals surface area contributed by atoms with E-state index >= 15 is 0 Å². The summed E-state index contributed by atoms with van der Waals surface area (Å²) in [5.74, 6) is 1.58. The highest BCUT2D eigenvalue weighted by Gasteiger charge is 2.22. The third-order valence-corrected chi connectivity index (χ3v) is 3.41. The van der Waals surface area contributed by atoms with Crippen molar-refractivity contribution in [1.29, 1.82) is 0 Å². The van der Waals surface area contributed by atoms with Gasteiger partial charge in [-0.2, -0.15) is 4.98 Å². The third kappa shape index (κ3) is 2.57. The summed E-state index contributed by atoms with van der Waals surface area (Å²) in [7, 11) is 0. The molecule has 2 N–H and O–H groups in total. The van der Waals surface area contributed by atoms with Gasteiger partial charge in [0.15, 0.2) is 0 Å². The maximum absolute atomic E-state index is 6.03. The zero-order valence-corrected chi connectivity index (χ0v) is 11.1. The molecule has 0 unspecified atom stereocenters. The molecule has 0 bridgehead atoms. The fourth-order valence-electron chi connectivity index (χ4n) is 1.90. The van der Waals surface area contributed by atoms with Crippen LogP contribution in [0.1, 0.15) is 25.2 Å². The van der Waals surface area contributed by atoms with Crippen molar-refractivity contribution in [2.24, 2.45) is 5.73 Å². The fourth-order valence-corrected chi connectivity index (χ4v) is 2.07. The van der Waals surface area contributed by atoms with Crippen LogP contribution < -0.4 is 10.5 Å². The highest BCUT2D eigenvalue weighted by Crippen LogP contribution is 2.34. The minimum absolute atomic E-state index is 0.215. The smallest absolute Gasteiger partial charge is 0.240 e. The van der Waals surface area contributed by atoms with Gasteiger partial charge in [0, 0.05) is 5.02 Å². The van der Waals surface area contributed by atoms with Gasteiger partial charge in [0.25, 0.3) is 0 Å². The third-order valence-electron chi connectivity index (χ3n) is 3.17. The van der Waals surface area contributed by atoms with Crippen molar-refractivity contribution in [3.63, 3.8) is 0 Å². The first kappa shape index (κ1) is 12.4. The SMILES string of the molecule is NCc1nc(-c2cc(Cl)ccc2OC2CCC2)no1. The number of halogens is 1. The number of nitrogens with zero attached hydrogens (tertiary/aromatic N) is 2. The number of benzene rings is 1. The summed E-state index contributed by atoms with van der Waals surface area (Å²) in [4.78, 5) is 4.21. The lowest BCUT2D eigenvalue weighted by Crippen LogP contribution is -2.24. The van der Waals surface area contributed by atoms with Gasteiger partial charge in [0.1, 0.15) is 5.75 Å². The number of ether oxygens (including phenoxy) is 1. The van der Waals surface area contributed by atoms with Crippen LogP contribution in [0.2, 0.25) is 5.02 Å². The molecule has 1 aromatic heterocycles. The van der Waals surface area contributed by atoms with E-state index in [2.05, 4.69) is 10.1 Å². The second-order valence-corrected chi connectivity index (χ2v) is 4.96. The normalized spacial score (nSPS) is 15.3. The topological polar surface area (TPSA) is 74.2 Å². The van der Waals surface area contributed by atoms with Gasteiger partial charge in [-0.1, -0.05) is 16.8 Å². The summed E-state index contributed by atoms with van der Waals surface area (Å²) in [5.41, 5.74) is 6.21. The summed E-state index contributed by atoms with van der Waals surface area (Å²) >= 11 is 6.03. The molecule has 0 aliphatic heterocycles. The van der Waals surface area contributed by atoms with Gasteiger partial charge in [0.2, 0.25) is 11.7 Å². The molecule has 1 aliphatic carbocycles. The highest BCUT2D eigenvalue weighted by molar-refractivity contribution is 6.30. The zero-order valence-electron chi connectivity index (χ0n) is 10.3. The average molecular weight is 280 g/mol. The van der Waals surface area contributed by atoms with Crippen molar-refractivity contribution in [3.05, 3.63) is 29.1 Å². The molecule has 0 spiro atoms. The van der Waals surface area contributed by atoms with Gasteiger partial charge in [-0.05, 0) is 37.5 Å². The molecule has 0 radical (unpaired) electrons. The van der Waals surface area contributed by atoms with Crippen molar-refractivity contribution in [2.45, 2.75) is 31.9 Å². The quantitative estimate of drug-likeness (QED) is 0.931. The molecule has 0 saturated heterocycles. The predicted octanol–water partition coefficient (Wildman–Crippen LogP) is 2.78. The van der Waals surface area contributed by atoms with Crippen LogP contribution in [-0.2, 0) is 6.54 Å². The van der Waals surface area contributed by atoms with Crippen LogP contribution in [-0.4, -0.2) is 16.2 Å². The summed E-state index contributed by atoms with van der Waals surface area (Å²) in [6, 6.07) is 5.41. The van der Waals surface area contributed by atoms with E-state index in [4.69, 9.17) is 26.6 Å². The molecule has 1 fully saturated rings. The first-order valence-electron chi connectivity index (χ1n) is 6.25. The van der Waals surface area contributed by atoms with E-state index in [1.54, 1.807) is 12.1 Å². The summed E-state index contributed by atoms with van der Waals surface area (Å²) in [6.45, 7) is 0.215. The van der Waals surface area contributed by atoms with Gasteiger partial charge in [-0.15, -0.1) is 0 Å². The molecular weight excluding hydrogens is 266 g/mol. The van der Waals surface area contributed by atoms with Crippen molar-refractivity contribution in [3.8, 4) is 17.1 Å². The van der Waals surface area contributed by atoms with Gasteiger partial charge < -0.3 is 15.0 Å². The van der Waals surface area contributed by atoms with Crippen LogP contribution >= 0.6 is 11.6 Å². The molecule has 100 valence electrons. The van der Waals surface area contributed by atoms with Crippen molar-refractivity contribution in [2.75, 3.05) is 0 Å². The standard InChI is InChI=1S/C13H14ClN3O2/c14-8-4-5-11(18-9-2-1-3-9)10(6-8)13-16-12(7-15)19-17-13/h4-6,9H,1-3,7,15H2. The first-order valence-corrected chi connectivity index (χ1v) is 6.63. The highest BCUT2D eigenvalue weighted by atomic mass is 35.5. The van der Waals surface area contributed by atoms with Crippen LogP contribution in [0.4, 0.5) is 0 Å². The van der Waals surface area contributed by atoms with Crippen LogP contribution in [0.3, 0.4) is 0 Å². The second-order valence-electron chi connectivity index (χ2n) is 4.53.